The number of halogens is 1. The van der Waals surface area contributed by atoms with E-state index < -0.39 is 0 Å². The van der Waals surface area contributed by atoms with Gasteiger partial charge in [0.05, 0.1) is 9.89 Å². The summed E-state index contributed by atoms with van der Waals surface area (Å²) in [5, 5.41) is 0. The summed E-state index contributed by atoms with van der Waals surface area (Å²) < 4.78 is 6.79. The Kier molecular flexibility index (Phi) is 4.41. The Morgan fingerprint density at radius 2 is 2.50 bits per heavy atom. The fourth-order valence-electron chi connectivity index (χ4n) is 2.22. The van der Waals surface area contributed by atoms with Crippen LogP contribution in [0.3, 0.4) is 0 Å². The van der Waals surface area contributed by atoms with Crippen LogP contribution in [0, 0.1) is 6.92 Å². The number of thiophene rings is 1. The molecule has 1 aliphatic rings. The topological polar surface area (TPSA) is 35.2 Å². The second-order valence-corrected chi connectivity index (χ2v) is 7.02. The van der Waals surface area contributed by atoms with Gasteiger partial charge in [-0.1, -0.05) is 0 Å². The smallest absolute Gasteiger partial charge is 0.0704 e. The number of hydrogen-bond acceptors (Lipinski definition) is 3. The highest BCUT2D eigenvalue weighted by Crippen LogP contribution is 2.32. The molecule has 0 saturated carbocycles. The molecule has 2 N–H and O–H groups in total. The van der Waals surface area contributed by atoms with Crippen LogP contribution < -0.4 is 5.73 Å². The first-order chi connectivity index (χ1) is 7.66. The van der Waals surface area contributed by atoms with Crippen molar-refractivity contribution in [2.24, 2.45) is 5.73 Å². The molecule has 4 heteroatoms. The molecule has 0 aliphatic carbocycles. The fourth-order valence-corrected chi connectivity index (χ4v) is 4.00. The number of ether oxygens (including phenoxy) is 1. The molecule has 1 aliphatic heterocycles. The number of aryl methyl sites for hydroxylation is 1. The predicted octanol–water partition coefficient (Wildman–Crippen LogP) is 3.78. The molecule has 1 aromatic rings. The van der Waals surface area contributed by atoms with E-state index in [9.17, 15) is 0 Å². The van der Waals surface area contributed by atoms with Crippen LogP contribution in [0.5, 0.6) is 0 Å². The molecule has 1 saturated heterocycles. The van der Waals surface area contributed by atoms with E-state index in [1.807, 2.05) is 0 Å². The first kappa shape index (κ1) is 12.6. The van der Waals surface area contributed by atoms with Crippen molar-refractivity contribution < 1.29 is 4.74 Å². The minimum atomic E-state index is 0.159. The van der Waals surface area contributed by atoms with Gasteiger partial charge in [-0.2, -0.15) is 0 Å². The third-order valence-corrected chi connectivity index (χ3v) is 4.72. The Morgan fingerprint density at radius 3 is 3.06 bits per heavy atom. The van der Waals surface area contributed by atoms with E-state index in [-0.39, 0.29) is 6.04 Å². The molecule has 0 radical (unpaired) electrons. The zero-order valence-electron chi connectivity index (χ0n) is 9.54. The Hall–Kier alpha value is 0.1000. The van der Waals surface area contributed by atoms with Gasteiger partial charge in [0, 0.05) is 17.5 Å². The molecule has 16 heavy (non-hydrogen) atoms. The predicted molar refractivity (Wildman–Crippen MR) is 71.9 cm³/mol. The molecule has 0 amide bonds. The first-order valence-corrected chi connectivity index (χ1v) is 7.41. The van der Waals surface area contributed by atoms with Gasteiger partial charge in [0.1, 0.15) is 0 Å². The molecule has 0 spiro atoms. The van der Waals surface area contributed by atoms with Crippen LogP contribution in [0.25, 0.3) is 0 Å². The summed E-state index contributed by atoms with van der Waals surface area (Å²) in [7, 11) is 0. The highest BCUT2D eigenvalue weighted by molar-refractivity contribution is 9.11. The SMILES string of the molecule is Cc1sc(Br)cc1C(N)CCC1CCCO1. The van der Waals surface area contributed by atoms with E-state index in [4.69, 9.17) is 10.5 Å². The van der Waals surface area contributed by atoms with Gasteiger partial charge in [-0.05, 0) is 60.2 Å². The first-order valence-electron chi connectivity index (χ1n) is 5.80. The molecule has 2 unspecified atom stereocenters. The number of hydrogen-bond donors (Lipinski definition) is 1. The fraction of sp³-hybridized carbons (Fsp3) is 0.667. The van der Waals surface area contributed by atoms with Crippen molar-refractivity contribution in [1.29, 1.82) is 0 Å². The van der Waals surface area contributed by atoms with E-state index in [2.05, 4.69) is 28.9 Å². The van der Waals surface area contributed by atoms with Crippen molar-refractivity contribution in [2.45, 2.75) is 44.8 Å². The quantitative estimate of drug-likeness (QED) is 0.919. The lowest BCUT2D eigenvalue weighted by Gasteiger charge is -2.14. The third kappa shape index (κ3) is 3.06. The summed E-state index contributed by atoms with van der Waals surface area (Å²) >= 11 is 5.27. The second-order valence-electron chi connectivity index (χ2n) is 4.38. The summed E-state index contributed by atoms with van der Waals surface area (Å²) in [5.74, 6) is 0. The molecular weight excluding hydrogens is 286 g/mol. The minimum absolute atomic E-state index is 0.159. The maximum absolute atomic E-state index is 6.22. The monoisotopic (exact) mass is 303 g/mol. The zero-order valence-corrected chi connectivity index (χ0v) is 11.9. The molecular formula is C12H18BrNOS. The van der Waals surface area contributed by atoms with Gasteiger partial charge >= 0.3 is 0 Å². The van der Waals surface area contributed by atoms with Gasteiger partial charge < -0.3 is 10.5 Å². The van der Waals surface area contributed by atoms with Crippen LogP contribution in [-0.4, -0.2) is 12.7 Å². The van der Waals surface area contributed by atoms with Crippen molar-refractivity contribution in [3.63, 3.8) is 0 Å². The average Bonchev–Trinajstić information content (AvgIpc) is 2.84. The highest BCUT2D eigenvalue weighted by Gasteiger charge is 2.18. The van der Waals surface area contributed by atoms with Crippen LogP contribution in [-0.2, 0) is 4.74 Å². The van der Waals surface area contributed by atoms with Gasteiger partial charge in [0.2, 0.25) is 0 Å². The molecule has 1 fully saturated rings. The van der Waals surface area contributed by atoms with Gasteiger partial charge in [0.15, 0.2) is 0 Å². The van der Waals surface area contributed by atoms with Gasteiger partial charge in [0.25, 0.3) is 0 Å². The summed E-state index contributed by atoms with van der Waals surface area (Å²) in [6, 6.07) is 2.31. The van der Waals surface area contributed by atoms with E-state index in [1.165, 1.54) is 27.1 Å². The third-order valence-electron chi connectivity index (χ3n) is 3.15. The van der Waals surface area contributed by atoms with Crippen LogP contribution in [0.1, 0.15) is 42.2 Å². The van der Waals surface area contributed by atoms with Crippen molar-refractivity contribution in [3.05, 3.63) is 20.3 Å². The van der Waals surface area contributed by atoms with Gasteiger partial charge in [-0.3, -0.25) is 0 Å². The van der Waals surface area contributed by atoms with E-state index in [0.29, 0.717) is 6.10 Å². The van der Waals surface area contributed by atoms with Crippen molar-refractivity contribution in [1.82, 2.24) is 0 Å². The van der Waals surface area contributed by atoms with Crippen LogP contribution in [0.15, 0.2) is 9.85 Å². The van der Waals surface area contributed by atoms with Gasteiger partial charge in [-0.25, -0.2) is 0 Å². The van der Waals surface area contributed by atoms with Crippen molar-refractivity contribution in [3.8, 4) is 0 Å². The Bertz CT molecular complexity index is 347. The summed E-state index contributed by atoms with van der Waals surface area (Å²) in [6.07, 6.45) is 4.98. The summed E-state index contributed by atoms with van der Waals surface area (Å²) in [6.45, 7) is 3.07. The van der Waals surface area contributed by atoms with Crippen molar-refractivity contribution >= 4 is 27.3 Å². The normalized spacial score (nSPS) is 22.6. The lowest BCUT2D eigenvalue weighted by molar-refractivity contribution is 0.101. The molecule has 2 atom stereocenters. The van der Waals surface area contributed by atoms with Crippen LogP contribution in [0.4, 0.5) is 0 Å². The minimum Gasteiger partial charge on any atom is -0.378 e. The summed E-state index contributed by atoms with van der Waals surface area (Å²) in [4.78, 5) is 1.33. The van der Waals surface area contributed by atoms with Gasteiger partial charge in [-0.15, -0.1) is 11.3 Å². The number of rotatable bonds is 4. The number of nitrogens with two attached hydrogens (primary N) is 1. The maximum Gasteiger partial charge on any atom is 0.0704 e. The van der Waals surface area contributed by atoms with Crippen LogP contribution in [0.2, 0.25) is 0 Å². The standard InChI is InChI=1S/C12H18BrNOS/c1-8-10(7-12(13)16-8)11(14)5-4-9-3-2-6-15-9/h7,9,11H,2-6,14H2,1H3. The molecule has 1 aromatic heterocycles. The van der Waals surface area contributed by atoms with Crippen molar-refractivity contribution in [2.75, 3.05) is 6.61 Å². The molecule has 2 heterocycles. The molecule has 2 nitrogen and oxygen atoms in total. The molecule has 0 bridgehead atoms. The largest absolute Gasteiger partial charge is 0.378 e. The molecule has 90 valence electrons. The maximum atomic E-state index is 6.22. The van der Waals surface area contributed by atoms with Crippen LogP contribution >= 0.6 is 27.3 Å². The lowest BCUT2D eigenvalue weighted by Crippen LogP contribution is -2.14. The Morgan fingerprint density at radius 1 is 1.69 bits per heavy atom. The Balaban J connectivity index is 1.87. The second kappa shape index (κ2) is 5.63. The average molecular weight is 304 g/mol. The van der Waals surface area contributed by atoms with E-state index >= 15 is 0 Å². The summed E-state index contributed by atoms with van der Waals surface area (Å²) in [5.41, 5.74) is 7.50. The Labute approximate surface area is 109 Å². The van der Waals surface area contributed by atoms with E-state index in [0.717, 1.165) is 19.4 Å². The lowest BCUT2D eigenvalue weighted by atomic mass is 10.0. The zero-order chi connectivity index (χ0) is 11.5. The molecule has 0 aromatic carbocycles. The molecule has 2 rings (SSSR count). The van der Waals surface area contributed by atoms with E-state index in [1.54, 1.807) is 11.3 Å². The highest BCUT2D eigenvalue weighted by atomic mass is 79.9.